The molecule has 1 fully saturated rings. The van der Waals surface area contributed by atoms with Gasteiger partial charge in [0.25, 0.3) is 0 Å². The molecule has 1 aliphatic rings. The summed E-state index contributed by atoms with van der Waals surface area (Å²) in [5.41, 5.74) is 3.42. The van der Waals surface area contributed by atoms with E-state index in [4.69, 9.17) is 9.84 Å². The molecular formula is C13H17NO3. The molecule has 2 rings (SSSR count). The van der Waals surface area contributed by atoms with Gasteiger partial charge in [-0.25, -0.2) is 4.79 Å². The monoisotopic (exact) mass is 235 g/mol. The molecule has 2 N–H and O–H groups in total. The number of benzene rings is 1. The topological polar surface area (TPSA) is 58.6 Å². The molecule has 1 atom stereocenters. The van der Waals surface area contributed by atoms with Crippen molar-refractivity contribution in [1.82, 2.24) is 5.32 Å². The first-order valence-corrected chi connectivity index (χ1v) is 5.76. The van der Waals surface area contributed by atoms with Gasteiger partial charge in [0, 0.05) is 13.1 Å². The zero-order valence-electron chi connectivity index (χ0n) is 10.1. The molecule has 4 nitrogen and oxygen atoms in total. The van der Waals surface area contributed by atoms with Crippen LogP contribution in [0.3, 0.4) is 0 Å². The van der Waals surface area contributed by atoms with E-state index in [1.807, 2.05) is 13.8 Å². The summed E-state index contributed by atoms with van der Waals surface area (Å²) in [6.45, 7) is 6.20. The zero-order valence-corrected chi connectivity index (χ0v) is 10.1. The zero-order chi connectivity index (χ0) is 12.4. The lowest BCUT2D eigenvalue weighted by Gasteiger charge is -2.26. The van der Waals surface area contributed by atoms with E-state index in [2.05, 4.69) is 5.32 Å². The Morgan fingerprint density at radius 2 is 2.24 bits per heavy atom. The summed E-state index contributed by atoms with van der Waals surface area (Å²) >= 11 is 0. The first-order chi connectivity index (χ1) is 8.09. The molecule has 17 heavy (non-hydrogen) atoms. The minimum Gasteiger partial charge on any atom is -0.478 e. The maximum absolute atomic E-state index is 11.0. The normalized spacial score (nSPS) is 20.2. The minimum absolute atomic E-state index is 0.0400. The third-order valence-electron chi connectivity index (χ3n) is 3.23. The summed E-state index contributed by atoms with van der Waals surface area (Å²) in [4.78, 5) is 11.0. The van der Waals surface area contributed by atoms with E-state index in [1.165, 1.54) is 0 Å². The van der Waals surface area contributed by atoms with Gasteiger partial charge in [-0.05, 0) is 42.7 Å². The SMILES string of the molecule is Cc1cc(C(=O)O)cc(C2CNCCO2)c1C. The molecule has 1 saturated heterocycles. The van der Waals surface area contributed by atoms with Crippen molar-refractivity contribution in [3.63, 3.8) is 0 Å². The Hall–Kier alpha value is -1.39. The molecule has 0 saturated carbocycles. The molecule has 92 valence electrons. The first kappa shape index (κ1) is 12.1. The summed E-state index contributed by atoms with van der Waals surface area (Å²) in [6.07, 6.45) is -0.0400. The van der Waals surface area contributed by atoms with Crippen LogP contribution in [0.15, 0.2) is 12.1 Å². The molecular weight excluding hydrogens is 218 g/mol. The highest BCUT2D eigenvalue weighted by Gasteiger charge is 2.20. The molecule has 1 aromatic rings. The van der Waals surface area contributed by atoms with Crippen molar-refractivity contribution in [1.29, 1.82) is 0 Å². The van der Waals surface area contributed by atoms with E-state index in [9.17, 15) is 4.79 Å². The van der Waals surface area contributed by atoms with Crippen LogP contribution in [0.25, 0.3) is 0 Å². The van der Waals surface area contributed by atoms with Crippen LogP contribution >= 0.6 is 0 Å². The lowest BCUT2D eigenvalue weighted by Crippen LogP contribution is -2.33. The molecule has 1 unspecified atom stereocenters. The standard InChI is InChI=1S/C13H17NO3/c1-8-5-10(13(15)16)6-11(9(8)2)12-7-14-3-4-17-12/h5-6,12,14H,3-4,7H2,1-2H3,(H,15,16). The predicted molar refractivity (Wildman–Crippen MR) is 64.4 cm³/mol. The molecule has 0 radical (unpaired) electrons. The van der Waals surface area contributed by atoms with Crippen LogP contribution in [0.2, 0.25) is 0 Å². The average molecular weight is 235 g/mol. The van der Waals surface area contributed by atoms with Crippen molar-refractivity contribution < 1.29 is 14.6 Å². The number of morpholine rings is 1. The van der Waals surface area contributed by atoms with Crippen LogP contribution in [-0.2, 0) is 4.74 Å². The Labute approximate surface area is 101 Å². The molecule has 4 heteroatoms. The fraction of sp³-hybridized carbons (Fsp3) is 0.462. The van der Waals surface area contributed by atoms with Crippen LogP contribution in [0.4, 0.5) is 0 Å². The fourth-order valence-corrected chi connectivity index (χ4v) is 2.11. The van der Waals surface area contributed by atoms with Crippen LogP contribution in [-0.4, -0.2) is 30.8 Å². The van der Waals surface area contributed by atoms with E-state index in [1.54, 1.807) is 12.1 Å². The van der Waals surface area contributed by atoms with Crippen molar-refractivity contribution in [2.24, 2.45) is 0 Å². The lowest BCUT2D eigenvalue weighted by atomic mass is 9.95. The van der Waals surface area contributed by atoms with Crippen LogP contribution < -0.4 is 5.32 Å². The Balaban J connectivity index is 2.40. The van der Waals surface area contributed by atoms with E-state index in [0.29, 0.717) is 12.2 Å². The highest BCUT2D eigenvalue weighted by Crippen LogP contribution is 2.26. The van der Waals surface area contributed by atoms with Crippen molar-refractivity contribution in [3.05, 3.63) is 34.4 Å². The highest BCUT2D eigenvalue weighted by molar-refractivity contribution is 5.88. The Morgan fingerprint density at radius 3 is 2.82 bits per heavy atom. The minimum atomic E-state index is -0.891. The fourth-order valence-electron chi connectivity index (χ4n) is 2.11. The number of hydrogen-bond donors (Lipinski definition) is 2. The molecule has 1 aliphatic heterocycles. The third kappa shape index (κ3) is 2.48. The predicted octanol–water partition coefficient (Wildman–Crippen LogP) is 1.66. The summed E-state index contributed by atoms with van der Waals surface area (Å²) in [7, 11) is 0. The van der Waals surface area contributed by atoms with Gasteiger partial charge in [0.15, 0.2) is 0 Å². The second kappa shape index (κ2) is 4.85. The summed E-state index contributed by atoms with van der Waals surface area (Å²) in [6, 6.07) is 3.43. The van der Waals surface area contributed by atoms with Gasteiger partial charge in [-0.15, -0.1) is 0 Å². The number of aromatic carboxylic acids is 1. The molecule has 1 aromatic carbocycles. The number of carboxylic acid groups (broad SMARTS) is 1. The number of hydrogen-bond acceptors (Lipinski definition) is 3. The smallest absolute Gasteiger partial charge is 0.335 e. The molecule has 0 bridgehead atoms. The maximum atomic E-state index is 11.0. The Bertz CT molecular complexity index is 437. The largest absolute Gasteiger partial charge is 0.478 e. The van der Waals surface area contributed by atoms with Gasteiger partial charge in [-0.3, -0.25) is 0 Å². The van der Waals surface area contributed by atoms with Gasteiger partial charge < -0.3 is 15.2 Å². The van der Waals surface area contributed by atoms with Gasteiger partial charge in [-0.2, -0.15) is 0 Å². The molecule has 0 amide bonds. The van der Waals surface area contributed by atoms with Crippen LogP contribution in [0.5, 0.6) is 0 Å². The number of carbonyl (C=O) groups is 1. The van der Waals surface area contributed by atoms with E-state index in [0.717, 1.165) is 29.8 Å². The molecule has 0 aliphatic carbocycles. The lowest BCUT2D eigenvalue weighted by molar-refractivity contribution is 0.0272. The van der Waals surface area contributed by atoms with Gasteiger partial charge in [0.05, 0.1) is 18.3 Å². The average Bonchev–Trinajstić information content (AvgIpc) is 2.33. The van der Waals surface area contributed by atoms with E-state index in [-0.39, 0.29) is 6.10 Å². The Morgan fingerprint density at radius 1 is 1.47 bits per heavy atom. The van der Waals surface area contributed by atoms with Gasteiger partial charge in [0.1, 0.15) is 0 Å². The van der Waals surface area contributed by atoms with Crippen molar-refractivity contribution in [2.75, 3.05) is 19.7 Å². The van der Waals surface area contributed by atoms with E-state index < -0.39 is 5.97 Å². The first-order valence-electron chi connectivity index (χ1n) is 5.76. The number of rotatable bonds is 2. The molecule has 0 spiro atoms. The number of carboxylic acids is 1. The van der Waals surface area contributed by atoms with Crippen molar-refractivity contribution >= 4 is 5.97 Å². The number of nitrogens with one attached hydrogen (secondary N) is 1. The number of aryl methyl sites for hydroxylation is 1. The van der Waals surface area contributed by atoms with Gasteiger partial charge >= 0.3 is 5.97 Å². The third-order valence-corrected chi connectivity index (χ3v) is 3.23. The van der Waals surface area contributed by atoms with Crippen molar-refractivity contribution in [3.8, 4) is 0 Å². The number of ether oxygens (including phenoxy) is 1. The van der Waals surface area contributed by atoms with E-state index >= 15 is 0 Å². The van der Waals surface area contributed by atoms with Crippen molar-refractivity contribution in [2.45, 2.75) is 20.0 Å². The molecule has 0 aromatic heterocycles. The highest BCUT2D eigenvalue weighted by atomic mass is 16.5. The molecule has 1 heterocycles. The van der Waals surface area contributed by atoms with Gasteiger partial charge in [0.2, 0.25) is 0 Å². The Kier molecular flexibility index (Phi) is 3.45. The summed E-state index contributed by atoms with van der Waals surface area (Å²) in [5.74, 6) is -0.891. The summed E-state index contributed by atoms with van der Waals surface area (Å²) in [5, 5.41) is 12.3. The maximum Gasteiger partial charge on any atom is 0.335 e. The van der Waals surface area contributed by atoms with Crippen LogP contribution in [0, 0.1) is 13.8 Å². The second-order valence-electron chi connectivity index (χ2n) is 4.38. The second-order valence-corrected chi connectivity index (χ2v) is 4.38. The van der Waals surface area contributed by atoms with Gasteiger partial charge in [-0.1, -0.05) is 0 Å². The quantitative estimate of drug-likeness (QED) is 0.818. The summed E-state index contributed by atoms with van der Waals surface area (Å²) < 4.78 is 5.68. The van der Waals surface area contributed by atoms with Crippen LogP contribution in [0.1, 0.15) is 33.2 Å².